The molecular formula is C17H19BrN2O3. The van der Waals surface area contributed by atoms with Gasteiger partial charge in [-0.15, -0.1) is 0 Å². The molecule has 3 rings (SSSR count). The Morgan fingerprint density at radius 2 is 2.13 bits per heavy atom. The van der Waals surface area contributed by atoms with Crippen LogP contribution in [0.1, 0.15) is 11.8 Å². The number of morpholine rings is 1. The number of aromatic nitrogens is 1. The molecule has 1 aromatic carbocycles. The molecule has 5 nitrogen and oxygen atoms in total. The minimum absolute atomic E-state index is 0.115. The van der Waals surface area contributed by atoms with Gasteiger partial charge in [-0.2, -0.15) is 0 Å². The Balaban J connectivity index is 1.91. The van der Waals surface area contributed by atoms with Gasteiger partial charge in [0.15, 0.2) is 6.10 Å². The van der Waals surface area contributed by atoms with Crippen molar-refractivity contribution >= 4 is 15.9 Å². The fourth-order valence-electron chi connectivity index (χ4n) is 2.49. The third-order valence-electron chi connectivity index (χ3n) is 3.63. The van der Waals surface area contributed by atoms with Crippen LogP contribution in [0.15, 0.2) is 46.9 Å². The molecule has 2 heterocycles. The number of para-hydroxylation sites is 1. The fourth-order valence-corrected chi connectivity index (χ4v) is 2.87. The summed E-state index contributed by atoms with van der Waals surface area (Å²) in [5, 5.41) is 3.34. The Labute approximate surface area is 144 Å². The van der Waals surface area contributed by atoms with E-state index < -0.39 is 0 Å². The van der Waals surface area contributed by atoms with Crippen molar-refractivity contribution in [1.29, 1.82) is 0 Å². The van der Waals surface area contributed by atoms with Gasteiger partial charge in [0, 0.05) is 19.2 Å². The number of benzene rings is 1. The number of hydrogen-bond acceptors (Lipinski definition) is 5. The lowest BCUT2D eigenvalue weighted by atomic mass is 10.1. The summed E-state index contributed by atoms with van der Waals surface area (Å²) in [5.41, 5.74) is 0.786. The van der Waals surface area contributed by atoms with Gasteiger partial charge >= 0.3 is 0 Å². The summed E-state index contributed by atoms with van der Waals surface area (Å²) < 4.78 is 18.3. The van der Waals surface area contributed by atoms with E-state index in [4.69, 9.17) is 14.2 Å². The van der Waals surface area contributed by atoms with E-state index in [-0.39, 0.29) is 12.2 Å². The predicted octanol–water partition coefficient (Wildman–Crippen LogP) is 2.96. The highest BCUT2D eigenvalue weighted by Crippen LogP contribution is 2.31. The van der Waals surface area contributed by atoms with Crippen molar-refractivity contribution in [2.45, 2.75) is 12.2 Å². The van der Waals surface area contributed by atoms with Gasteiger partial charge in [0.05, 0.1) is 23.9 Å². The Morgan fingerprint density at radius 3 is 2.87 bits per heavy atom. The van der Waals surface area contributed by atoms with Crippen molar-refractivity contribution in [2.24, 2.45) is 0 Å². The molecule has 1 unspecified atom stereocenters. The second-order valence-corrected chi connectivity index (χ2v) is 6.04. The molecule has 1 aliphatic heterocycles. The first-order valence-electron chi connectivity index (χ1n) is 7.52. The monoisotopic (exact) mass is 378 g/mol. The molecule has 0 radical (unpaired) electrons. The molecule has 0 aliphatic carbocycles. The topological polar surface area (TPSA) is 52.6 Å². The Hall–Kier alpha value is -1.63. The van der Waals surface area contributed by atoms with Crippen LogP contribution in [0.4, 0.5) is 0 Å². The molecule has 23 heavy (non-hydrogen) atoms. The third kappa shape index (κ3) is 4.02. The lowest BCUT2D eigenvalue weighted by Crippen LogP contribution is -2.43. The van der Waals surface area contributed by atoms with Crippen molar-refractivity contribution in [3.63, 3.8) is 0 Å². The zero-order chi connectivity index (χ0) is 16.1. The molecule has 1 aromatic heterocycles. The Kier molecular flexibility index (Phi) is 5.48. The number of halogens is 1. The van der Waals surface area contributed by atoms with Crippen LogP contribution in [0.25, 0.3) is 0 Å². The Morgan fingerprint density at radius 1 is 1.26 bits per heavy atom. The Bertz CT molecular complexity index is 647. The molecule has 1 aliphatic rings. The number of nitrogens with zero attached hydrogens (tertiary/aromatic N) is 1. The van der Waals surface area contributed by atoms with E-state index in [1.165, 1.54) is 0 Å². The number of pyridine rings is 1. The molecule has 0 bridgehead atoms. The number of hydrogen-bond donors (Lipinski definition) is 1. The minimum atomic E-state index is -0.323. The highest BCUT2D eigenvalue weighted by atomic mass is 79.9. The van der Waals surface area contributed by atoms with Crippen LogP contribution >= 0.6 is 15.9 Å². The second-order valence-electron chi connectivity index (χ2n) is 5.19. The van der Waals surface area contributed by atoms with Gasteiger partial charge in [-0.3, -0.25) is 0 Å². The average Bonchev–Trinajstić information content (AvgIpc) is 2.62. The summed E-state index contributed by atoms with van der Waals surface area (Å²) >= 11 is 3.52. The number of ether oxygens (including phenoxy) is 3. The lowest BCUT2D eigenvalue weighted by molar-refractivity contribution is -0.0450. The molecule has 1 N–H and O–H groups in total. The summed E-state index contributed by atoms with van der Waals surface area (Å²) in [6, 6.07) is 13.4. The van der Waals surface area contributed by atoms with E-state index in [1.807, 2.05) is 42.5 Å². The highest BCUT2D eigenvalue weighted by Gasteiger charge is 2.29. The summed E-state index contributed by atoms with van der Waals surface area (Å²) in [6.45, 7) is 2.22. The smallest absolute Gasteiger partial charge is 0.213 e. The molecule has 122 valence electrons. The maximum absolute atomic E-state index is 6.24. The first kappa shape index (κ1) is 16.2. The molecule has 1 saturated heterocycles. The van der Waals surface area contributed by atoms with Crippen LogP contribution in [0.5, 0.6) is 11.6 Å². The molecule has 2 aromatic rings. The van der Waals surface area contributed by atoms with E-state index in [9.17, 15) is 0 Å². The van der Waals surface area contributed by atoms with Crippen LogP contribution < -0.4 is 14.8 Å². The largest absolute Gasteiger partial charge is 0.481 e. The summed E-state index contributed by atoms with van der Waals surface area (Å²) in [7, 11) is 1.61. The van der Waals surface area contributed by atoms with Crippen LogP contribution in [0, 0.1) is 0 Å². The molecule has 2 atom stereocenters. The number of rotatable bonds is 5. The van der Waals surface area contributed by atoms with Crippen molar-refractivity contribution in [2.75, 3.05) is 26.8 Å². The van der Waals surface area contributed by atoms with Crippen LogP contribution in [0.3, 0.4) is 0 Å². The van der Waals surface area contributed by atoms with Gasteiger partial charge in [0.25, 0.3) is 0 Å². The van der Waals surface area contributed by atoms with Crippen LogP contribution in [-0.2, 0) is 4.74 Å². The highest BCUT2D eigenvalue weighted by molar-refractivity contribution is 9.10. The fraction of sp³-hybridized carbons (Fsp3) is 0.353. The second kappa shape index (κ2) is 7.77. The van der Waals surface area contributed by atoms with E-state index in [0.717, 1.165) is 22.5 Å². The van der Waals surface area contributed by atoms with E-state index in [0.29, 0.717) is 19.0 Å². The van der Waals surface area contributed by atoms with E-state index in [1.54, 1.807) is 7.11 Å². The maximum atomic E-state index is 6.24. The minimum Gasteiger partial charge on any atom is -0.481 e. The quantitative estimate of drug-likeness (QED) is 0.866. The van der Waals surface area contributed by atoms with Gasteiger partial charge in [-0.1, -0.05) is 18.2 Å². The molecular weight excluding hydrogens is 360 g/mol. The molecule has 1 fully saturated rings. The SMILES string of the molecule is COc1cccc(C(Oc2ccccc2Br)[C@@H]2CNCCO2)n1. The van der Waals surface area contributed by atoms with Crippen LogP contribution in [-0.4, -0.2) is 37.9 Å². The molecule has 0 amide bonds. The van der Waals surface area contributed by atoms with Crippen LogP contribution in [0.2, 0.25) is 0 Å². The zero-order valence-electron chi connectivity index (χ0n) is 12.9. The molecule has 0 saturated carbocycles. The number of nitrogens with one attached hydrogen (secondary N) is 1. The van der Waals surface area contributed by atoms with Crippen molar-refractivity contribution in [3.05, 3.63) is 52.6 Å². The molecule has 6 heteroatoms. The van der Waals surface area contributed by atoms with Gasteiger partial charge < -0.3 is 19.5 Å². The standard InChI is InChI=1S/C17H19BrN2O3/c1-21-16-8-4-6-13(20-16)17(15-11-19-9-10-22-15)23-14-7-3-2-5-12(14)18/h2-8,15,17,19H,9-11H2,1H3/t15-,17?/m0/s1. The first-order valence-corrected chi connectivity index (χ1v) is 8.31. The van der Waals surface area contributed by atoms with Crippen molar-refractivity contribution in [1.82, 2.24) is 10.3 Å². The number of methoxy groups -OCH3 is 1. The summed E-state index contributed by atoms with van der Waals surface area (Å²) in [4.78, 5) is 4.52. The first-order chi connectivity index (χ1) is 11.3. The third-order valence-corrected chi connectivity index (χ3v) is 4.29. The van der Waals surface area contributed by atoms with Gasteiger partial charge in [0.2, 0.25) is 5.88 Å². The van der Waals surface area contributed by atoms with Gasteiger partial charge in [0.1, 0.15) is 11.9 Å². The lowest BCUT2D eigenvalue weighted by Gasteiger charge is -2.31. The van der Waals surface area contributed by atoms with Crippen molar-refractivity contribution in [3.8, 4) is 11.6 Å². The predicted molar refractivity (Wildman–Crippen MR) is 90.9 cm³/mol. The van der Waals surface area contributed by atoms with Gasteiger partial charge in [-0.25, -0.2) is 4.98 Å². The van der Waals surface area contributed by atoms with Gasteiger partial charge in [-0.05, 0) is 34.1 Å². The summed E-state index contributed by atoms with van der Waals surface area (Å²) in [5.74, 6) is 1.32. The van der Waals surface area contributed by atoms with E-state index >= 15 is 0 Å². The molecule has 0 spiro atoms. The van der Waals surface area contributed by atoms with Crippen molar-refractivity contribution < 1.29 is 14.2 Å². The maximum Gasteiger partial charge on any atom is 0.213 e. The average molecular weight is 379 g/mol. The summed E-state index contributed by atoms with van der Waals surface area (Å²) in [6.07, 6.45) is -0.438. The normalized spacial score (nSPS) is 19.1. The van der Waals surface area contributed by atoms with E-state index in [2.05, 4.69) is 26.2 Å². The zero-order valence-corrected chi connectivity index (χ0v) is 14.5.